The number of carbonyl (C=O) groups excluding carboxylic acids is 1. The van der Waals surface area contributed by atoms with Crippen molar-refractivity contribution in [2.75, 3.05) is 0 Å². The summed E-state index contributed by atoms with van der Waals surface area (Å²) in [4.78, 5) is 17.5. The third kappa shape index (κ3) is 1.99. The number of hydrogen-bond donors (Lipinski definition) is 0. The van der Waals surface area contributed by atoms with E-state index in [9.17, 15) is 4.79 Å². The van der Waals surface area contributed by atoms with Crippen molar-refractivity contribution in [1.29, 1.82) is 0 Å². The van der Waals surface area contributed by atoms with Crippen LogP contribution in [0, 0.1) is 22.7 Å². The molecule has 2 saturated carbocycles. The van der Waals surface area contributed by atoms with E-state index < -0.39 is 0 Å². The van der Waals surface area contributed by atoms with E-state index in [0.717, 1.165) is 12.8 Å². The zero-order valence-electron chi connectivity index (χ0n) is 13.5. The van der Waals surface area contributed by atoms with Gasteiger partial charge >= 0.3 is 0 Å². The fourth-order valence-electron chi connectivity index (χ4n) is 4.37. The van der Waals surface area contributed by atoms with E-state index in [-0.39, 0.29) is 22.8 Å². The van der Waals surface area contributed by atoms with E-state index in [1.807, 2.05) is 24.4 Å². The van der Waals surface area contributed by atoms with Gasteiger partial charge in [0.15, 0.2) is 0 Å². The Kier molecular flexibility index (Phi) is 3.31. The number of fused-ring (bicyclic) bond motifs is 2. The Balaban J connectivity index is 1.81. The molecule has 2 aliphatic rings. The second-order valence-electron chi connectivity index (χ2n) is 7.47. The Bertz CT molecular complexity index is 574. The second-order valence-corrected chi connectivity index (χ2v) is 7.47. The molecule has 3 rings (SSSR count). The van der Waals surface area contributed by atoms with Gasteiger partial charge in [0.2, 0.25) is 0 Å². The minimum absolute atomic E-state index is 0.0184. The molecular formula is C19H25NO. The lowest BCUT2D eigenvalue weighted by Crippen LogP contribution is -2.33. The highest BCUT2D eigenvalue weighted by molar-refractivity contribution is 6.02. The molecule has 4 atom stereocenters. The molecule has 0 heterocycles. The molecule has 2 fully saturated rings. The van der Waals surface area contributed by atoms with Crippen molar-refractivity contribution in [2.45, 2.75) is 46.6 Å². The maximum absolute atomic E-state index is 12.8. The van der Waals surface area contributed by atoms with E-state index >= 15 is 0 Å². The van der Waals surface area contributed by atoms with Crippen molar-refractivity contribution in [2.24, 2.45) is 27.7 Å². The summed E-state index contributed by atoms with van der Waals surface area (Å²) in [7, 11) is 0. The second kappa shape index (κ2) is 4.79. The molecule has 1 aromatic carbocycles. The first-order valence-corrected chi connectivity index (χ1v) is 8.00. The largest absolute Gasteiger partial charge is 0.298 e. The molecule has 0 amide bonds. The zero-order chi connectivity index (χ0) is 15.3. The molecule has 0 saturated heterocycles. The van der Waals surface area contributed by atoms with Gasteiger partial charge in [0.05, 0.1) is 12.0 Å². The molecule has 2 nitrogen and oxygen atoms in total. The standard InChI is InChI=1S/C19H25NO/c1-13(14-8-6-5-7-9-14)20-12-15-16-10-11-19(4,17(15)21)18(16,2)3/h5-9,12-13,15-16H,10-11H2,1-4H3/t13-,15?,16-,19-/m0/s1. The summed E-state index contributed by atoms with van der Waals surface area (Å²) in [6, 6.07) is 10.4. The fraction of sp³-hybridized carbons (Fsp3) is 0.579. The molecule has 0 aromatic heterocycles. The maximum atomic E-state index is 12.8. The van der Waals surface area contributed by atoms with Gasteiger partial charge in [0, 0.05) is 11.6 Å². The minimum atomic E-state index is -0.148. The van der Waals surface area contributed by atoms with Crippen LogP contribution in [0.25, 0.3) is 0 Å². The maximum Gasteiger partial charge on any atom is 0.147 e. The van der Waals surface area contributed by atoms with Crippen LogP contribution >= 0.6 is 0 Å². The number of benzene rings is 1. The highest BCUT2D eigenvalue weighted by atomic mass is 16.1. The zero-order valence-corrected chi connectivity index (χ0v) is 13.5. The third-order valence-corrected chi connectivity index (χ3v) is 6.34. The molecule has 2 heteroatoms. The van der Waals surface area contributed by atoms with Gasteiger partial charge in [-0.1, -0.05) is 51.1 Å². The van der Waals surface area contributed by atoms with Crippen molar-refractivity contribution < 1.29 is 4.79 Å². The van der Waals surface area contributed by atoms with E-state index in [1.54, 1.807) is 0 Å². The number of nitrogens with zero attached hydrogens (tertiary/aromatic N) is 1. The first kappa shape index (κ1) is 14.5. The van der Waals surface area contributed by atoms with E-state index in [4.69, 9.17) is 4.99 Å². The molecule has 2 aliphatic carbocycles. The molecule has 0 aliphatic heterocycles. The average molecular weight is 283 g/mol. The van der Waals surface area contributed by atoms with Crippen molar-refractivity contribution in [3.63, 3.8) is 0 Å². The van der Waals surface area contributed by atoms with Crippen molar-refractivity contribution in [1.82, 2.24) is 0 Å². The SMILES string of the molecule is C[C@H](N=CC1C(=O)[C@]2(C)CC[C@@H]1C2(C)C)c1ccccc1. The van der Waals surface area contributed by atoms with Crippen LogP contribution in [0.3, 0.4) is 0 Å². The van der Waals surface area contributed by atoms with Crippen molar-refractivity contribution in [3.05, 3.63) is 35.9 Å². The Hall–Kier alpha value is -1.44. The summed E-state index contributed by atoms with van der Waals surface area (Å²) in [6.45, 7) is 8.77. The summed E-state index contributed by atoms with van der Waals surface area (Å²) in [6.07, 6.45) is 4.16. The fourth-order valence-corrected chi connectivity index (χ4v) is 4.37. The quantitative estimate of drug-likeness (QED) is 0.753. The van der Waals surface area contributed by atoms with Crippen molar-refractivity contribution >= 4 is 12.0 Å². The van der Waals surface area contributed by atoms with Gasteiger partial charge < -0.3 is 0 Å². The van der Waals surface area contributed by atoms with Crippen molar-refractivity contribution in [3.8, 4) is 0 Å². The Morgan fingerprint density at radius 1 is 1.24 bits per heavy atom. The van der Waals surface area contributed by atoms with Crippen LogP contribution < -0.4 is 0 Å². The Morgan fingerprint density at radius 2 is 1.90 bits per heavy atom. The van der Waals surface area contributed by atoms with E-state index in [1.165, 1.54) is 5.56 Å². The summed E-state index contributed by atoms with van der Waals surface area (Å²) < 4.78 is 0. The first-order valence-electron chi connectivity index (χ1n) is 8.00. The number of ketones is 1. The predicted octanol–water partition coefficient (Wildman–Crippen LogP) is 4.46. The van der Waals surface area contributed by atoms with Crippen LogP contribution in [0.2, 0.25) is 0 Å². The van der Waals surface area contributed by atoms with E-state index in [2.05, 4.69) is 39.8 Å². The third-order valence-electron chi connectivity index (χ3n) is 6.34. The molecule has 0 radical (unpaired) electrons. The lowest BCUT2D eigenvalue weighted by Gasteiger charge is -2.32. The first-order chi connectivity index (χ1) is 9.88. The van der Waals surface area contributed by atoms with Crippen LogP contribution in [-0.2, 0) is 4.79 Å². The monoisotopic (exact) mass is 283 g/mol. The summed E-state index contributed by atoms with van der Waals surface area (Å²) in [5.41, 5.74) is 1.16. The van der Waals surface area contributed by atoms with Crippen LogP contribution in [0.4, 0.5) is 0 Å². The van der Waals surface area contributed by atoms with Crippen LogP contribution in [0.1, 0.15) is 52.1 Å². The molecule has 2 bridgehead atoms. The minimum Gasteiger partial charge on any atom is -0.298 e. The predicted molar refractivity (Wildman–Crippen MR) is 86.5 cm³/mol. The molecule has 21 heavy (non-hydrogen) atoms. The topological polar surface area (TPSA) is 29.4 Å². The number of hydrogen-bond acceptors (Lipinski definition) is 2. The van der Waals surface area contributed by atoms with E-state index in [0.29, 0.717) is 11.7 Å². The van der Waals surface area contributed by atoms with Gasteiger partial charge in [0.1, 0.15) is 5.78 Å². The highest BCUT2D eigenvalue weighted by Gasteiger charge is 2.65. The van der Waals surface area contributed by atoms with Gasteiger partial charge in [0.25, 0.3) is 0 Å². The van der Waals surface area contributed by atoms with Gasteiger partial charge in [-0.05, 0) is 36.7 Å². The Morgan fingerprint density at radius 3 is 2.48 bits per heavy atom. The molecule has 1 aromatic rings. The molecule has 112 valence electrons. The van der Waals surface area contributed by atoms with Gasteiger partial charge in [-0.2, -0.15) is 0 Å². The average Bonchev–Trinajstić information content (AvgIpc) is 2.78. The lowest BCUT2D eigenvalue weighted by molar-refractivity contribution is -0.129. The molecule has 1 unspecified atom stereocenters. The summed E-state index contributed by atoms with van der Waals surface area (Å²) in [5, 5.41) is 0. The smallest absolute Gasteiger partial charge is 0.147 e. The van der Waals surface area contributed by atoms with Gasteiger partial charge in [-0.15, -0.1) is 0 Å². The summed E-state index contributed by atoms with van der Waals surface area (Å²) in [5.74, 6) is 0.888. The Labute approximate surface area is 127 Å². The van der Waals surface area contributed by atoms with Gasteiger partial charge in [-0.25, -0.2) is 0 Å². The molecular weight excluding hydrogens is 258 g/mol. The number of rotatable bonds is 3. The van der Waals surface area contributed by atoms with Gasteiger partial charge in [-0.3, -0.25) is 9.79 Å². The van der Waals surface area contributed by atoms with Crippen LogP contribution in [0.5, 0.6) is 0 Å². The van der Waals surface area contributed by atoms with Crippen LogP contribution in [0.15, 0.2) is 35.3 Å². The normalized spacial score (nSPS) is 35.5. The number of carbonyl (C=O) groups is 1. The summed E-state index contributed by atoms with van der Waals surface area (Å²) >= 11 is 0. The lowest BCUT2D eigenvalue weighted by atomic mass is 9.70. The van der Waals surface area contributed by atoms with Crippen LogP contribution in [-0.4, -0.2) is 12.0 Å². The molecule has 0 spiro atoms. The number of Topliss-reactive ketones (excluding diaryl/α,β-unsaturated/α-hetero) is 1. The molecule has 0 N–H and O–H groups in total. The highest BCUT2D eigenvalue weighted by Crippen LogP contribution is 2.65. The number of aliphatic imine (C=N–C) groups is 1.